The van der Waals surface area contributed by atoms with Crippen LogP contribution in [0.2, 0.25) is 0 Å². The van der Waals surface area contributed by atoms with Crippen LogP contribution in [-0.4, -0.2) is 0 Å². The van der Waals surface area contributed by atoms with Gasteiger partial charge >= 0.3 is 0 Å². The zero-order chi connectivity index (χ0) is 5.41. The van der Waals surface area contributed by atoms with Gasteiger partial charge in [0.25, 0.3) is 0 Å². The lowest BCUT2D eigenvalue weighted by atomic mass is 10.1. The summed E-state index contributed by atoms with van der Waals surface area (Å²) in [6, 6.07) is 0. The molecule has 0 saturated heterocycles. The third-order valence-electron chi connectivity index (χ3n) is 4.16. The molecule has 0 aromatic heterocycles. The predicted octanol–water partition coefficient (Wildman–Crippen LogP) is 2.20. The Kier molecular flexibility index (Phi) is 0.342. The fourth-order valence-corrected chi connectivity index (χ4v) is 3.44. The first-order valence-corrected chi connectivity index (χ1v) is 3.80. The van der Waals surface area contributed by atoms with Crippen molar-refractivity contribution in [3.05, 3.63) is 0 Å². The molecule has 3 saturated carbocycles. The Morgan fingerprint density at radius 1 is 1.50 bits per heavy atom. The maximum absolute atomic E-state index is 2.48. The second-order valence-electron chi connectivity index (χ2n) is 4.20. The molecule has 0 N–H and O–H groups in total. The molecule has 0 radical (unpaired) electrons. The fourth-order valence-electron chi connectivity index (χ4n) is 3.44. The van der Waals surface area contributed by atoms with E-state index in [9.17, 15) is 0 Å². The molecule has 0 amide bonds. The van der Waals surface area contributed by atoms with E-state index >= 15 is 0 Å². The van der Waals surface area contributed by atoms with Gasteiger partial charge in [-0.3, -0.25) is 0 Å². The van der Waals surface area contributed by atoms with Gasteiger partial charge in [0, 0.05) is 0 Å². The number of fused-ring (bicyclic) bond motifs is 1. The van der Waals surface area contributed by atoms with Crippen LogP contribution in [0.4, 0.5) is 0 Å². The normalized spacial score (nSPS) is 73.9. The van der Waals surface area contributed by atoms with Crippen molar-refractivity contribution in [1.29, 1.82) is 0 Å². The highest BCUT2D eigenvalue weighted by Crippen LogP contribution is 2.95. The van der Waals surface area contributed by atoms with E-state index in [0.29, 0.717) is 0 Å². The summed E-state index contributed by atoms with van der Waals surface area (Å²) in [6.45, 7) is 2.48. The van der Waals surface area contributed by atoms with Gasteiger partial charge in [0.05, 0.1) is 0 Å². The molecule has 0 aromatic rings. The van der Waals surface area contributed by atoms with Crippen LogP contribution in [0.3, 0.4) is 0 Å². The largest absolute Gasteiger partial charge is 0.0588 e. The van der Waals surface area contributed by atoms with E-state index in [1.807, 2.05) is 0 Å². The Hall–Kier alpha value is 0. The molecule has 44 valence electrons. The molecule has 0 aliphatic heterocycles. The molecule has 3 aliphatic carbocycles. The molecule has 3 aliphatic rings. The molecule has 8 heavy (non-hydrogen) atoms. The van der Waals surface area contributed by atoms with Crippen LogP contribution < -0.4 is 0 Å². The van der Waals surface area contributed by atoms with E-state index in [4.69, 9.17) is 0 Å². The minimum Gasteiger partial charge on any atom is -0.0588 e. The van der Waals surface area contributed by atoms with E-state index in [-0.39, 0.29) is 0 Å². The van der Waals surface area contributed by atoms with E-state index in [0.717, 1.165) is 10.8 Å². The SMILES string of the molecule is CC12CC13CCCC23. The van der Waals surface area contributed by atoms with E-state index in [1.165, 1.54) is 5.92 Å². The zero-order valence-electron chi connectivity index (χ0n) is 5.41. The predicted molar refractivity (Wildman–Crippen MR) is 32.5 cm³/mol. The van der Waals surface area contributed by atoms with Gasteiger partial charge in [-0.2, -0.15) is 0 Å². The molecule has 3 unspecified atom stereocenters. The van der Waals surface area contributed by atoms with Crippen LogP contribution in [0.5, 0.6) is 0 Å². The number of hydrogen-bond acceptors (Lipinski definition) is 0. The Bertz CT molecular complexity index is 161. The molecule has 0 bridgehead atoms. The zero-order valence-corrected chi connectivity index (χ0v) is 5.41. The van der Waals surface area contributed by atoms with Crippen LogP contribution in [0.1, 0.15) is 32.6 Å². The van der Waals surface area contributed by atoms with Crippen LogP contribution in [0.25, 0.3) is 0 Å². The Morgan fingerprint density at radius 3 is 2.62 bits per heavy atom. The van der Waals surface area contributed by atoms with Gasteiger partial charge in [0.2, 0.25) is 0 Å². The van der Waals surface area contributed by atoms with Crippen molar-refractivity contribution in [3.8, 4) is 0 Å². The van der Waals surface area contributed by atoms with Crippen molar-refractivity contribution in [3.63, 3.8) is 0 Å². The van der Waals surface area contributed by atoms with E-state index in [2.05, 4.69) is 6.92 Å². The van der Waals surface area contributed by atoms with Gasteiger partial charge in [-0.05, 0) is 36.0 Å². The van der Waals surface area contributed by atoms with E-state index in [1.54, 1.807) is 25.7 Å². The lowest BCUT2D eigenvalue weighted by Crippen LogP contribution is -1.90. The molecular weight excluding hydrogens is 96.1 g/mol. The molecular formula is C8H12. The quantitative estimate of drug-likeness (QED) is 0.446. The maximum Gasteiger partial charge on any atom is -0.0201 e. The Balaban J connectivity index is 2.06. The van der Waals surface area contributed by atoms with Gasteiger partial charge in [0.1, 0.15) is 0 Å². The summed E-state index contributed by atoms with van der Waals surface area (Å²) in [7, 11) is 0. The minimum absolute atomic E-state index is 0.908. The number of rotatable bonds is 0. The average molecular weight is 108 g/mol. The second kappa shape index (κ2) is 0.698. The molecule has 0 heteroatoms. The summed E-state index contributed by atoms with van der Waals surface area (Å²) in [5.41, 5.74) is 1.87. The minimum atomic E-state index is 0.908. The summed E-state index contributed by atoms with van der Waals surface area (Å²) in [5.74, 6) is 1.20. The molecule has 3 rings (SSSR count). The average Bonchev–Trinajstić information content (AvgIpc) is 2.26. The Morgan fingerprint density at radius 2 is 2.38 bits per heavy atom. The summed E-state index contributed by atoms with van der Waals surface area (Å²) < 4.78 is 0. The van der Waals surface area contributed by atoms with Gasteiger partial charge in [0.15, 0.2) is 0 Å². The molecule has 0 nitrogen and oxygen atoms in total. The lowest BCUT2D eigenvalue weighted by molar-refractivity contribution is 0.502. The maximum atomic E-state index is 2.48. The smallest absolute Gasteiger partial charge is 0.0201 e. The standard InChI is InChI=1S/C8H12/c1-7-5-8(7)4-2-3-6(7)8/h6H,2-5H2,1H3. The summed E-state index contributed by atoms with van der Waals surface area (Å²) in [6.07, 6.45) is 6.27. The van der Waals surface area contributed by atoms with Gasteiger partial charge < -0.3 is 0 Å². The van der Waals surface area contributed by atoms with Crippen LogP contribution in [-0.2, 0) is 0 Å². The first kappa shape index (κ1) is 3.92. The van der Waals surface area contributed by atoms with E-state index < -0.39 is 0 Å². The fraction of sp³-hybridized carbons (Fsp3) is 1.00. The molecule has 3 atom stereocenters. The van der Waals surface area contributed by atoms with Crippen molar-refractivity contribution < 1.29 is 0 Å². The molecule has 3 fully saturated rings. The van der Waals surface area contributed by atoms with Crippen LogP contribution in [0, 0.1) is 16.7 Å². The van der Waals surface area contributed by atoms with Gasteiger partial charge in [-0.1, -0.05) is 13.3 Å². The van der Waals surface area contributed by atoms with Crippen molar-refractivity contribution in [2.24, 2.45) is 16.7 Å². The summed E-state index contributed by atoms with van der Waals surface area (Å²) >= 11 is 0. The monoisotopic (exact) mass is 108 g/mol. The van der Waals surface area contributed by atoms with Crippen molar-refractivity contribution in [2.45, 2.75) is 32.6 Å². The van der Waals surface area contributed by atoms with Crippen LogP contribution in [0.15, 0.2) is 0 Å². The third-order valence-corrected chi connectivity index (χ3v) is 4.16. The first-order valence-electron chi connectivity index (χ1n) is 3.80. The topological polar surface area (TPSA) is 0 Å². The molecule has 1 spiro atoms. The number of hydrogen-bond donors (Lipinski definition) is 0. The lowest BCUT2D eigenvalue weighted by Gasteiger charge is -1.99. The van der Waals surface area contributed by atoms with Crippen molar-refractivity contribution >= 4 is 0 Å². The molecule has 0 aromatic carbocycles. The first-order chi connectivity index (χ1) is 3.80. The Labute approximate surface area is 50.3 Å². The van der Waals surface area contributed by atoms with Crippen LogP contribution >= 0.6 is 0 Å². The third kappa shape index (κ3) is 0.167. The highest BCUT2D eigenvalue weighted by Gasteiger charge is 2.88. The van der Waals surface area contributed by atoms with Crippen molar-refractivity contribution in [1.82, 2.24) is 0 Å². The molecule has 0 heterocycles. The van der Waals surface area contributed by atoms with Crippen molar-refractivity contribution in [2.75, 3.05) is 0 Å². The second-order valence-corrected chi connectivity index (χ2v) is 4.20. The summed E-state index contributed by atoms with van der Waals surface area (Å²) in [5, 5.41) is 0. The highest BCUT2D eigenvalue weighted by atomic mass is 14.9. The highest BCUT2D eigenvalue weighted by molar-refractivity contribution is 5.36. The van der Waals surface area contributed by atoms with Gasteiger partial charge in [-0.25, -0.2) is 0 Å². The summed E-state index contributed by atoms with van der Waals surface area (Å²) in [4.78, 5) is 0. The van der Waals surface area contributed by atoms with Gasteiger partial charge in [-0.15, -0.1) is 0 Å².